The van der Waals surface area contributed by atoms with E-state index in [0.29, 0.717) is 17.2 Å². The maximum absolute atomic E-state index is 12.8. The monoisotopic (exact) mass is 458 g/mol. The molecule has 5 heteroatoms. The van der Waals surface area contributed by atoms with Crippen molar-refractivity contribution in [3.05, 3.63) is 53.3 Å². The Morgan fingerprint density at radius 1 is 1.21 bits per heavy atom. The van der Waals surface area contributed by atoms with Crippen molar-refractivity contribution in [3.63, 3.8) is 0 Å². The van der Waals surface area contributed by atoms with Crippen LogP contribution in [-0.4, -0.2) is 16.4 Å². The summed E-state index contributed by atoms with van der Waals surface area (Å²) in [6, 6.07) is 7.83. The fourth-order valence-corrected chi connectivity index (χ4v) is 2.62. The van der Waals surface area contributed by atoms with Crippen LogP contribution in [0.25, 0.3) is 11.1 Å². The molecule has 0 aliphatic rings. The van der Waals surface area contributed by atoms with Gasteiger partial charge in [0.2, 0.25) is 0 Å². The minimum Gasteiger partial charge on any atom is -0.478 e. The molecule has 151 valence electrons. The van der Waals surface area contributed by atoms with Crippen molar-refractivity contribution in [2.45, 2.75) is 48.0 Å². The number of hydrogen-bond acceptors (Lipinski definition) is 3. The molecule has 2 aromatic rings. The van der Waals surface area contributed by atoms with E-state index in [1.54, 1.807) is 14.0 Å². The number of benzene rings is 1. The zero-order chi connectivity index (χ0) is 19.7. The standard InChI is InChI=1S/C20H24N2O2.C2H6.CH3.Y/c1-6-7-12-24-19-17(13-14(2)3)21-22(5)20(23)18(19)16-11-9-8-10-15(16)4;1-2;;/h8-11,14H,12-13H2,1-5H3;1-2H3;1H3;/q;;-1;. The Bertz CT molecular complexity index is 846. The summed E-state index contributed by atoms with van der Waals surface area (Å²) in [7, 11) is 1.68. The quantitative estimate of drug-likeness (QED) is 0.476. The molecule has 0 fully saturated rings. The van der Waals surface area contributed by atoms with Crippen LogP contribution in [0.2, 0.25) is 0 Å². The number of ether oxygens (including phenoxy) is 1. The van der Waals surface area contributed by atoms with Crippen LogP contribution < -0.4 is 10.3 Å². The van der Waals surface area contributed by atoms with Crippen LogP contribution in [0, 0.1) is 32.1 Å². The molecule has 1 aromatic carbocycles. The van der Waals surface area contributed by atoms with Crippen molar-refractivity contribution >= 4 is 0 Å². The Labute approximate surface area is 196 Å². The van der Waals surface area contributed by atoms with Gasteiger partial charge in [-0.15, -0.1) is 5.92 Å². The molecule has 0 bridgehead atoms. The number of hydrogen-bond donors (Lipinski definition) is 0. The average Bonchev–Trinajstić information content (AvgIpc) is 2.61. The molecule has 1 heterocycles. The SMILES string of the molecule is CC.CC#CCOc1c(CC(C)C)nn(C)c(=O)c1-c1ccccc1C.[CH3-].[Y]. The summed E-state index contributed by atoms with van der Waals surface area (Å²) in [6.45, 7) is 12.2. The molecule has 0 atom stereocenters. The van der Waals surface area contributed by atoms with Crippen LogP contribution in [0.3, 0.4) is 0 Å². The zero-order valence-corrected chi connectivity index (χ0v) is 21.4. The van der Waals surface area contributed by atoms with Crippen molar-refractivity contribution in [1.82, 2.24) is 9.78 Å². The first-order valence-corrected chi connectivity index (χ1v) is 9.14. The van der Waals surface area contributed by atoms with Gasteiger partial charge < -0.3 is 12.2 Å². The van der Waals surface area contributed by atoms with Crippen LogP contribution in [0.5, 0.6) is 5.75 Å². The molecule has 2 rings (SSSR count). The van der Waals surface area contributed by atoms with Gasteiger partial charge in [-0.25, -0.2) is 4.68 Å². The fourth-order valence-electron chi connectivity index (χ4n) is 2.62. The third-order valence-corrected chi connectivity index (χ3v) is 3.75. The summed E-state index contributed by atoms with van der Waals surface area (Å²) in [5, 5.41) is 4.44. The van der Waals surface area contributed by atoms with Gasteiger partial charge in [-0.1, -0.05) is 57.9 Å². The van der Waals surface area contributed by atoms with E-state index in [1.165, 1.54) is 4.68 Å². The molecule has 0 N–H and O–H groups in total. The second kappa shape index (κ2) is 14.5. The van der Waals surface area contributed by atoms with Gasteiger partial charge in [-0.3, -0.25) is 4.79 Å². The van der Waals surface area contributed by atoms with E-state index in [9.17, 15) is 4.79 Å². The van der Waals surface area contributed by atoms with Gasteiger partial charge in [0.05, 0.1) is 5.56 Å². The fraction of sp³-hybridized carbons (Fsp3) is 0.435. The van der Waals surface area contributed by atoms with Crippen LogP contribution >= 0.6 is 0 Å². The molecule has 4 nitrogen and oxygen atoms in total. The smallest absolute Gasteiger partial charge is 0.278 e. The molecular weight excluding hydrogens is 425 g/mol. The maximum Gasteiger partial charge on any atom is 0.278 e. The van der Waals surface area contributed by atoms with E-state index in [2.05, 4.69) is 30.8 Å². The van der Waals surface area contributed by atoms with Crippen molar-refractivity contribution in [2.24, 2.45) is 13.0 Å². The molecule has 0 saturated carbocycles. The minimum absolute atomic E-state index is 0. The molecule has 0 aliphatic carbocycles. The van der Waals surface area contributed by atoms with Gasteiger partial charge in [0, 0.05) is 39.8 Å². The van der Waals surface area contributed by atoms with Gasteiger partial charge in [-0.05, 0) is 37.3 Å². The first-order chi connectivity index (χ1) is 12.5. The molecule has 0 saturated heterocycles. The maximum atomic E-state index is 12.8. The molecule has 1 aromatic heterocycles. The first kappa shape index (κ1) is 28.8. The summed E-state index contributed by atoms with van der Waals surface area (Å²) in [4.78, 5) is 12.8. The number of aromatic nitrogens is 2. The summed E-state index contributed by atoms with van der Waals surface area (Å²) in [5.41, 5.74) is 3.12. The Balaban J connectivity index is 0. The normalized spacial score (nSPS) is 9.14. The summed E-state index contributed by atoms with van der Waals surface area (Å²) in [5.74, 6) is 6.67. The second-order valence-corrected chi connectivity index (χ2v) is 6.21. The van der Waals surface area contributed by atoms with E-state index in [-0.39, 0.29) is 52.3 Å². The molecule has 28 heavy (non-hydrogen) atoms. The van der Waals surface area contributed by atoms with Crippen LogP contribution in [0.15, 0.2) is 29.1 Å². The Morgan fingerprint density at radius 2 is 1.82 bits per heavy atom. The van der Waals surface area contributed by atoms with Crippen molar-refractivity contribution in [1.29, 1.82) is 0 Å². The van der Waals surface area contributed by atoms with Crippen molar-refractivity contribution in [2.75, 3.05) is 6.61 Å². The number of aryl methyl sites for hydroxylation is 2. The van der Waals surface area contributed by atoms with Gasteiger partial charge in [-0.2, -0.15) is 5.10 Å². The van der Waals surface area contributed by atoms with Crippen LogP contribution in [0.1, 0.15) is 45.9 Å². The summed E-state index contributed by atoms with van der Waals surface area (Å²) < 4.78 is 7.31. The topological polar surface area (TPSA) is 44.1 Å². The largest absolute Gasteiger partial charge is 0.478 e. The molecule has 0 spiro atoms. The Hall–Kier alpha value is -1.44. The molecular formula is C23H33N2O2Y-. The van der Waals surface area contributed by atoms with E-state index in [1.807, 2.05) is 45.0 Å². The van der Waals surface area contributed by atoms with Crippen LogP contribution in [-0.2, 0) is 46.2 Å². The summed E-state index contributed by atoms with van der Waals surface area (Å²) >= 11 is 0. The van der Waals surface area contributed by atoms with E-state index in [4.69, 9.17) is 4.74 Å². The Kier molecular flexibility index (Phi) is 14.9. The van der Waals surface area contributed by atoms with Crippen molar-refractivity contribution < 1.29 is 37.4 Å². The van der Waals surface area contributed by atoms with Gasteiger partial charge in [0.1, 0.15) is 12.3 Å². The van der Waals surface area contributed by atoms with E-state index < -0.39 is 0 Å². The molecule has 0 unspecified atom stereocenters. The zero-order valence-electron chi connectivity index (χ0n) is 18.6. The summed E-state index contributed by atoms with van der Waals surface area (Å²) in [6.07, 6.45) is 0.738. The average molecular weight is 458 g/mol. The van der Waals surface area contributed by atoms with E-state index in [0.717, 1.165) is 23.2 Å². The third kappa shape index (κ3) is 7.53. The van der Waals surface area contributed by atoms with Gasteiger partial charge >= 0.3 is 0 Å². The third-order valence-electron chi connectivity index (χ3n) is 3.75. The van der Waals surface area contributed by atoms with Crippen molar-refractivity contribution in [3.8, 4) is 28.7 Å². The molecule has 1 radical (unpaired) electrons. The minimum atomic E-state index is -0.156. The Morgan fingerprint density at radius 3 is 2.36 bits per heavy atom. The predicted octanol–water partition coefficient (Wildman–Crippen LogP) is 4.83. The first-order valence-electron chi connectivity index (χ1n) is 9.14. The molecule has 0 aliphatic heterocycles. The molecule has 0 amide bonds. The number of nitrogens with zero attached hydrogens (tertiary/aromatic N) is 2. The van der Waals surface area contributed by atoms with E-state index >= 15 is 0 Å². The second-order valence-electron chi connectivity index (χ2n) is 6.21. The number of rotatable bonds is 5. The van der Waals surface area contributed by atoms with Gasteiger partial charge in [0.25, 0.3) is 5.56 Å². The van der Waals surface area contributed by atoms with Crippen LogP contribution in [0.4, 0.5) is 0 Å². The predicted molar refractivity (Wildman–Crippen MR) is 115 cm³/mol. The van der Waals surface area contributed by atoms with Gasteiger partial charge in [0.15, 0.2) is 5.75 Å².